The van der Waals surface area contributed by atoms with Gasteiger partial charge in [0.05, 0.1) is 0 Å². The minimum absolute atomic E-state index is 0.0799. The van der Waals surface area contributed by atoms with Crippen LogP contribution in [0.4, 0.5) is 4.39 Å². The highest BCUT2D eigenvalue weighted by Crippen LogP contribution is 2.34. The van der Waals surface area contributed by atoms with Crippen LogP contribution in [0, 0.1) is 0 Å². The van der Waals surface area contributed by atoms with Crippen LogP contribution in [0.1, 0.15) is 13.8 Å². The molecule has 16 heavy (non-hydrogen) atoms. The fourth-order valence-electron chi connectivity index (χ4n) is 1.45. The number of para-hydroxylation sites is 1. The Morgan fingerprint density at radius 2 is 1.88 bits per heavy atom. The Balaban J connectivity index is 2.31. The van der Waals surface area contributed by atoms with Crippen LogP contribution >= 0.6 is 0 Å². The van der Waals surface area contributed by atoms with Gasteiger partial charge in [0, 0.05) is 0 Å². The molecule has 0 spiro atoms. The smallest absolute Gasteiger partial charge is 0.371 e. The fourth-order valence-corrected chi connectivity index (χ4v) is 1.45. The van der Waals surface area contributed by atoms with Crippen LogP contribution in [-0.2, 0) is 9.53 Å². The van der Waals surface area contributed by atoms with Crippen molar-refractivity contribution in [2.45, 2.75) is 19.4 Å². The first-order valence-corrected chi connectivity index (χ1v) is 4.87. The molecule has 1 heterocycles. The van der Waals surface area contributed by atoms with E-state index in [-0.39, 0.29) is 5.76 Å². The van der Waals surface area contributed by atoms with Gasteiger partial charge in [0.15, 0.2) is 11.4 Å². The van der Waals surface area contributed by atoms with E-state index in [4.69, 9.17) is 9.47 Å². The lowest BCUT2D eigenvalue weighted by Gasteiger charge is -2.20. The second kappa shape index (κ2) is 3.63. The lowest BCUT2D eigenvalue weighted by molar-refractivity contribution is -0.146. The number of ether oxygens (including phenoxy) is 2. The van der Waals surface area contributed by atoms with Gasteiger partial charge >= 0.3 is 5.97 Å². The van der Waals surface area contributed by atoms with E-state index in [0.717, 1.165) is 0 Å². The highest BCUT2D eigenvalue weighted by atomic mass is 19.1. The van der Waals surface area contributed by atoms with Gasteiger partial charge in [-0.05, 0) is 26.0 Å². The second-order valence-electron chi connectivity index (χ2n) is 3.96. The minimum Gasteiger partial charge on any atom is -0.454 e. The van der Waals surface area contributed by atoms with Crippen molar-refractivity contribution in [1.82, 2.24) is 0 Å². The minimum atomic E-state index is -1.06. The van der Waals surface area contributed by atoms with Gasteiger partial charge in [0.1, 0.15) is 5.75 Å². The third-order valence-corrected chi connectivity index (χ3v) is 2.24. The maximum atomic E-state index is 13.4. The van der Waals surface area contributed by atoms with Gasteiger partial charge in [-0.2, -0.15) is 4.39 Å². The third-order valence-electron chi connectivity index (χ3n) is 2.24. The molecular weight excluding hydrogens is 211 g/mol. The zero-order valence-electron chi connectivity index (χ0n) is 8.99. The van der Waals surface area contributed by atoms with Crippen LogP contribution in [0.5, 0.6) is 5.75 Å². The van der Waals surface area contributed by atoms with Crippen molar-refractivity contribution < 1.29 is 18.7 Å². The Morgan fingerprint density at radius 1 is 1.25 bits per heavy atom. The lowest BCUT2D eigenvalue weighted by atomic mass is 10.1. The number of hydrogen-bond donors (Lipinski definition) is 0. The monoisotopic (exact) mass is 222 g/mol. The van der Waals surface area contributed by atoms with E-state index < -0.39 is 17.4 Å². The molecule has 0 N–H and O–H groups in total. The van der Waals surface area contributed by atoms with Crippen molar-refractivity contribution in [2.75, 3.05) is 0 Å². The van der Waals surface area contributed by atoms with Gasteiger partial charge in [-0.1, -0.05) is 18.2 Å². The largest absolute Gasteiger partial charge is 0.454 e. The van der Waals surface area contributed by atoms with Gasteiger partial charge in [0.2, 0.25) is 5.83 Å². The molecule has 0 radical (unpaired) electrons. The fraction of sp³-hybridized carbons (Fsp3) is 0.250. The third kappa shape index (κ3) is 1.78. The Kier molecular flexibility index (Phi) is 2.42. The highest BCUT2D eigenvalue weighted by Gasteiger charge is 2.43. The topological polar surface area (TPSA) is 35.5 Å². The average Bonchev–Trinajstić information content (AvgIpc) is 2.42. The number of rotatable bonds is 2. The zero-order valence-corrected chi connectivity index (χ0v) is 8.99. The van der Waals surface area contributed by atoms with Gasteiger partial charge in [-0.15, -0.1) is 0 Å². The quantitative estimate of drug-likeness (QED) is 0.721. The van der Waals surface area contributed by atoms with E-state index >= 15 is 0 Å². The predicted octanol–water partition coefficient (Wildman–Crippen LogP) is 2.58. The summed E-state index contributed by atoms with van der Waals surface area (Å²) >= 11 is 0. The summed E-state index contributed by atoms with van der Waals surface area (Å²) in [5, 5.41) is 0. The summed E-state index contributed by atoms with van der Waals surface area (Å²) in [6.07, 6.45) is 0. The summed E-state index contributed by atoms with van der Waals surface area (Å²) in [6, 6.07) is 8.70. The van der Waals surface area contributed by atoms with E-state index in [0.29, 0.717) is 5.75 Å². The standard InChI is InChI=1S/C12H11FO3/c1-12(2)10(9(13)11(14)16-12)15-8-6-4-3-5-7-8/h3-7H,1-2H3. The van der Waals surface area contributed by atoms with Crippen molar-refractivity contribution in [1.29, 1.82) is 0 Å². The first kappa shape index (κ1) is 10.7. The summed E-state index contributed by atoms with van der Waals surface area (Å²) in [6.45, 7) is 3.16. The Hall–Kier alpha value is -1.84. The van der Waals surface area contributed by atoms with Crippen molar-refractivity contribution in [3.63, 3.8) is 0 Å². The molecule has 0 saturated carbocycles. The second-order valence-corrected chi connectivity index (χ2v) is 3.96. The number of halogens is 1. The number of hydrogen-bond acceptors (Lipinski definition) is 3. The summed E-state index contributed by atoms with van der Waals surface area (Å²) in [5.41, 5.74) is -1.06. The molecular formula is C12H11FO3. The van der Waals surface area contributed by atoms with Crippen LogP contribution in [0.25, 0.3) is 0 Å². The lowest BCUT2D eigenvalue weighted by Crippen LogP contribution is -2.26. The van der Waals surface area contributed by atoms with Gasteiger partial charge in [-0.25, -0.2) is 4.79 Å². The molecule has 1 aromatic rings. The maximum Gasteiger partial charge on any atom is 0.371 e. The van der Waals surface area contributed by atoms with E-state index in [1.807, 2.05) is 6.07 Å². The molecule has 84 valence electrons. The number of carbonyl (C=O) groups is 1. The summed E-state index contributed by atoms with van der Waals surface area (Å²) in [7, 11) is 0. The molecule has 0 amide bonds. The first-order chi connectivity index (χ1) is 7.50. The Morgan fingerprint density at radius 3 is 2.38 bits per heavy atom. The van der Waals surface area contributed by atoms with E-state index in [2.05, 4.69) is 0 Å². The van der Waals surface area contributed by atoms with Gasteiger partial charge in [-0.3, -0.25) is 0 Å². The molecule has 0 unspecified atom stereocenters. The van der Waals surface area contributed by atoms with Gasteiger partial charge < -0.3 is 9.47 Å². The van der Waals surface area contributed by atoms with Crippen molar-refractivity contribution in [3.8, 4) is 5.75 Å². The molecule has 0 atom stereocenters. The van der Waals surface area contributed by atoms with E-state index in [1.54, 1.807) is 38.1 Å². The predicted molar refractivity (Wildman–Crippen MR) is 55.4 cm³/mol. The van der Waals surface area contributed by atoms with Crippen LogP contribution in [-0.4, -0.2) is 11.6 Å². The molecule has 3 nitrogen and oxygen atoms in total. The van der Waals surface area contributed by atoms with Gasteiger partial charge in [0.25, 0.3) is 0 Å². The summed E-state index contributed by atoms with van der Waals surface area (Å²) < 4.78 is 23.6. The molecule has 1 aliphatic rings. The highest BCUT2D eigenvalue weighted by molar-refractivity contribution is 5.90. The van der Waals surface area contributed by atoms with Crippen LogP contribution in [0.2, 0.25) is 0 Å². The molecule has 0 aromatic heterocycles. The van der Waals surface area contributed by atoms with Crippen molar-refractivity contribution in [2.24, 2.45) is 0 Å². The number of esters is 1. The van der Waals surface area contributed by atoms with E-state index in [9.17, 15) is 9.18 Å². The van der Waals surface area contributed by atoms with Crippen LogP contribution < -0.4 is 4.74 Å². The molecule has 0 aliphatic carbocycles. The normalized spacial score (nSPS) is 18.6. The SMILES string of the molecule is CC1(C)OC(=O)C(F)=C1Oc1ccccc1. The Bertz CT molecular complexity index is 449. The summed E-state index contributed by atoms with van der Waals surface area (Å²) in [4.78, 5) is 11.1. The Labute approximate surface area is 92.5 Å². The molecule has 1 aromatic carbocycles. The maximum absolute atomic E-state index is 13.4. The number of benzene rings is 1. The van der Waals surface area contributed by atoms with Crippen molar-refractivity contribution >= 4 is 5.97 Å². The molecule has 0 fully saturated rings. The molecule has 2 rings (SSSR count). The zero-order chi connectivity index (χ0) is 11.8. The molecule has 0 saturated heterocycles. The molecule has 4 heteroatoms. The van der Waals surface area contributed by atoms with Crippen LogP contribution in [0.15, 0.2) is 41.9 Å². The number of cyclic esters (lactones) is 1. The average molecular weight is 222 g/mol. The van der Waals surface area contributed by atoms with Crippen molar-refractivity contribution in [3.05, 3.63) is 41.9 Å². The first-order valence-electron chi connectivity index (χ1n) is 4.87. The number of carbonyl (C=O) groups excluding carboxylic acids is 1. The molecule has 1 aliphatic heterocycles. The van der Waals surface area contributed by atoms with Crippen LogP contribution in [0.3, 0.4) is 0 Å². The van der Waals surface area contributed by atoms with E-state index in [1.165, 1.54) is 0 Å². The summed E-state index contributed by atoms with van der Waals surface area (Å²) in [5.74, 6) is -1.55. The molecule has 0 bridgehead atoms.